The molecule has 0 aromatic heterocycles. The monoisotopic (exact) mass is 1090 g/mol. The highest BCUT2D eigenvalue weighted by Gasteiger charge is 2.19. The Morgan fingerprint density at radius 2 is 0.500 bits per heavy atom. The van der Waals surface area contributed by atoms with Crippen LogP contribution in [-0.4, -0.2) is 37.2 Å². The highest BCUT2D eigenvalue weighted by atomic mass is 16.6. The lowest BCUT2D eigenvalue weighted by atomic mass is 10.0. The summed E-state index contributed by atoms with van der Waals surface area (Å²) in [5.74, 6) is -0.901. The van der Waals surface area contributed by atoms with E-state index in [1.54, 1.807) is 0 Å². The fourth-order valence-corrected chi connectivity index (χ4v) is 10.4. The number of allylic oxidation sites excluding steroid dienone is 8. The van der Waals surface area contributed by atoms with E-state index in [-0.39, 0.29) is 31.1 Å². The van der Waals surface area contributed by atoms with Crippen LogP contribution in [0.25, 0.3) is 0 Å². The van der Waals surface area contributed by atoms with Gasteiger partial charge in [-0.15, -0.1) is 0 Å². The van der Waals surface area contributed by atoms with Crippen LogP contribution in [0.2, 0.25) is 0 Å². The van der Waals surface area contributed by atoms with Crippen LogP contribution in [-0.2, 0) is 28.6 Å². The van der Waals surface area contributed by atoms with Crippen LogP contribution in [0.5, 0.6) is 0 Å². The molecule has 6 nitrogen and oxygen atoms in total. The van der Waals surface area contributed by atoms with Crippen molar-refractivity contribution in [1.29, 1.82) is 0 Å². The summed E-state index contributed by atoms with van der Waals surface area (Å²) in [6.07, 6.45) is 84.5. The Morgan fingerprint density at radius 3 is 0.808 bits per heavy atom. The molecule has 0 aromatic rings. The third-order valence-electron chi connectivity index (χ3n) is 15.6. The number of esters is 3. The van der Waals surface area contributed by atoms with E-state index in [2.05, 4.69) is 69.4 Å². The molecule has 0 aromatic carbocycles. The number of unbranched alkanes of at least 4 members (excludes halogenated alkanes) is 45. The zero-order chi connectivity index (χ0) is 56.4. The van der Waals surface area contributed by atoms with E-state index in [0.717, 1.165) is 96.3 Å². The first-order chi connectivity index (χ1) is 38.5. The fraction of sp³-hybridized carbons (Fsp3) is 0.847. The molecular formula is C72H132O6. The maximum absolute atomic E-state index is 12.9. The van der Waals surface area contributed by atoms with E-state index >= 15 is 0 Å². The molecule has 1 unspecified atom stereocenters. The van der Waals surface area contributed by atoms with Crippen LogP contribution in [0.3, 0.4) is 0 Å². The van der Waals surface area contributed by atoms with E-state index in [1.165, 1.54) is 238 Å². The Bertz CT molecular complexity index is 1350. The van der Waals surface area contributed by atoms with E-state index in [9.17, 15) is 14.4 Å². The second kappa shape index (κ2) is 66.9. The van der Waals surface area contributed by atoms with Crippen molar-refractivity contribution < 1.29 is 28.6 Å². The van der Waals surface area contributed by atoms with Crippen molar-refractivity contribution in [2.75, 3.05) is 13.2 Å². The number of ether oxygens (including phenoxy) is 3. The Morgan fingerprint density at radius 1 is 0.269 bits per heavy atom. The quantitative estimate of drug-likeness (QED) is 0.0261. The first-order valence-electron chi connectivity index (χ1n) is 34.6. The summed E-state index contributed by atoms with van der Waals surface area (Å²) < 4.78 is 16.9. The van der Waals surface area contributed by atoms with Gasteiger partial charge in [-0.25, -0.2) is 0 Å². The molecule has 0 bridgehead atoms. The minimum absolute atomic E-state index is 0.0824. The fourth-order valence-electron chi connectivity index (χ4n) is 10.4. The van der Waals surface area contributed by atoms with Crippen LogP contribution in [0.4, 0.5) is 0 Å². The molecule has 0 heterocycles. The van der Waals surface area contributed by atoms with Gasteiger partial charge in [-0.1, -0.05) is 326 Å². The summed E-state index contributed by atoms with van der Waals surface area (Å²) in [7, 11) is 0. The number of carbonyl (C=O) groups is 3. The van der Waals surface area contributed by atoms with Crippen LogP contribution >= 0.6 is 0 Å². The van der Waals surface area contributed by atoms with E-state index in [4.69, 9.17) is 14.2 Å². The highest BCUT2D eigenvalue weighted by Crippen LogP contribution is 2.18. The average molecular weight is 1090 g/mol. The summed E-state index contributed by atoms with van der Waals surface area (Å²) in [5.41, 5.74) is 0. The third-order valence-corrected chi connectivity index (χ3v) is 15.6. The van der Waals surface area contributed by atoms with Gasteiger partial charge < -0.3 is 14.2 Å². The van der Waals surface area contributed by atoms with Gasteiger partial charge in [0, 0.05) is 19.3 Å². The minimum atomic E-state index is -0.789. The highest BCUT2D eigenvalue weighted by molar-refractivity contribution is 5.71. The molecule has 456 valence electrons. The normalized spacial score (nSPS) is 12.3. The summed E-state index contributed by atoms with van der Waals surface area (Å²) in [5, 5.41) is 0. The smallest absolute Gasteiger partial charge is 0.306 e. The van der Waals surface area contributed by atoms with Crippen molar-refractivity contribution in [2.45, 2.75) is 380 Å². The average Bonchev–Trinajstić information content (AvgIpc) is 3.44. The van der Waals surface area contributed by atoms with Gasteiger partial charge in [-0.05, 0) is 77.0 Å². The van der Waals surface area contributed by atoms with Crippen molar-refractivity contribution in [3.63, 3.8) is 0 Å². The lowest BCUT2D eigenvalue weighted by molar-refractivity contribution is -0.167. The molecule has 0 saturated carbocycles. The van der Waals surface area contributed by atoms with Crippen molar-refractivity contribution in [3.05, 3.63) is 48.6 Å². The molecule has 0 aliphatic carbocycles. The number of hydrogen-bond acceptors (Lipinski definition) is 6. The summed E-state index contributed by atoms with van der Waals surface area (Å²) in [6.45, 7) is 6.55. The Balaban J connectivity index is 4.14. The van der Waals surface area contributed by atoms with Crippen LogP contribution < -0.4 is 0 Å². The second-order valence-corrected chi connectivity index (χ2v) is 23.4. The largest absolute Gasteiger partial charge is 0.462 e. The van der Waals surface area contributed by atoms with Gasteiger partial charge in [0.1, 0.15) is 13.2 Å². The van der Waals surface area contributed by atoms with Gasteiger partial charge in [0.25, 0.3) is 0 Å². The standard InChI is InChI=1S/C72H132O6/c1-4-7-10-13-16-19-22-25-27-29-30-31-32-33-34-35-36-37-38-39-40-41-42-43-45-47-50-53-56-59-62-65-71(74)77-68-69(67-76-70(73)64-61-58-55-52-49-46-24-21-18-15-12-9-6-3)78-72(75)66-63-60-57-54-51-48-44-28-26-23-20-17-14-11-8-5-2/h9,12,18,21,28,44,46,49,69H,4-8,10-11,13-17,19-20,22-27,29-43,45,47-48,50-68H2,1-3H3/b12-9-,21-18-,44-28-,49-46-. The molecular weight excluding hydrogens is 961 g/mol. The topological polar surface area (TPSA) is 78.9 Å². The molecule has 0 aliphatic heterocycles. The summed E-state index contributed by atoms with van der Waals surface area (Å²) in [4.78, 5) is 38.3. The van der Waals surface area contributed by atoms with E-state index in [0.29, 0.717) is 19.3 Å². The zero-order valence-corrected chi connectivity index (χ0v) is 52.5. The van der Waals surface area contributed by atoms with Crippen LogP contribution in [0.1, 0.15) is 374 Å². The lowest BCUT2D eigenvalue weighted by Gasteiger charge is -2.18. The van der Waals surface area contributed by atoms with Crippen molar-refractivity contribution >= 4 is 17.9 Å². The maximum Gasteiger partial charge on any atom is 0.306 e. The molecule has 0 saturated heterocycles. The van der Waals surface area contributed by atoms with E-state index < -0.39 is 6.10 Å². The third kappa shape index (κ3) is 64.2. The Hall–Kier alpha value is -2.63. The predicted octanol–water partition coefficient (Wildman–Crippen LogP) is 23.7. The van der Waals surface area contributed by atoms with Gasteiger partial charge in [-0.2, -0.15) is 0 Å². The summed E-state index contributed by atoms with van der Waals surface area (Å²) >= 11 is 0. The van der Waals surface area contributed by atoms with Gasteiger partial charge >= 0.3 is 17.9 Å². The molecule has 0 aliphatic rings. The molecule has 0 spiro atoms. The molecule has 0 radical (unpaired) electrons. The van der Waals surface area contributed by atoms with Gasteiger partial charge in [0.2, 0.25) is 0 Å². The SMILES string of the molecule is CC/C=C\C/C=C\C/C=C\CCCCCC(=O)OCC(COC(=O)CCCCCCCCCCCCCCCCCCCCCCCCCCCCCCCCC)OC(=O)CCCCCCC/C=C\CCCCCCCCC. The van der Waals surface area contributed by atoms with Crippen molar-refractivity contribution in [3.8, 4) is 0 Å². The van der Waals surface area contributed by atoms with Gasteiger partial charge in [0.05, 0.1) is 0 Å². The summed E-state index contributed by atoms with van der Waals surface area (Å²) in [6, 6.07) is 0. The minimum Gasteiger partial charge on any atom is -0.462 e. The predicted molar refractivity (Wildman–Crippen MR) is 339 cm³/mol. The molecule has 0 rings (SSSR count). The first-order valence-corrected chi connectivity index (χ1v) is 34.6. The molecule has 0 amide bonds. The molecule has 6 heteroatoms. The van der Waals surface area contributed by atoms with Gasteiger partial charge in [0.15, 0.2) is 6.10 Å². The molecule has 1 atom stereocenters. The van der Waals surface area contributed by atoms with Crippen molar-refractivity contribution in [1.82, 2.24) is 0 Å². The number of hydrogen-bond donors (Lipinski definition) is 0. The molecule has 0 N–H and O–H groups in total. The number of carbonyl (C=O) groups excluding carboxylic acids is 3. The maximum atomic E-state index is 12.9. The first kappa shape index (κ1) is 75.4. The molecule has 78 heavy (non-hydrogen) atoms. The van der Waals surface area contributed by atoms with Crippen LogP contribution in [0.15, 0.2) is 48.6 Å². The number of rotatable bonds is 64. The lowest BCUT2D eigenvalue weighted by Crippen LogP contribution is -2.30. The Kier molecular flexibility index (Phi) is 64.6. The van der Waals surface area contributed by atoms with E-state index in [1.807, 2.05) is 0 Å². The van der Waals surface area contributed by atoms with Crippen molar-refractivity contribution in [2.24, 2.45) is 0 Å². The van der Waals surface area contributed by atoms with Crippen LogP contribution in [0, 0.1) is 0 Å². The Labute approximate surface area is 486 Å². The van der Waals surface area contributed by atoms with Gasteiger partial charge in [-0.3, -0.25) is 14.4 Å². The molecule has 0 fully saturated rings. The zero-order valence-electron chi connectivity index (χ0n) is 52.5. The second-order valence-electron chi connectivity index (χ2n) is 23.4.